The number of aryl methyl sites for hydroxylation is 1. The summed E-state index contributed by atoms with van der Waals surface area (Å²) >= 11 is 4.00. The molecule has 0 amide bonds. The standard InChI is InChI=1S/C32H36BrNO4S/c1-9-32(8)25(38-29(35)30(3,4)5)17-23-27(28(32)33)21-18-34(39(36,37)20-15-13-19(2)14-16-20)24-12-10-11-22(26(21)24)31(23,6)7/h9-16,18,25,28H,1,17H2,2-8H3/t25-,28?,32+/m1/s1. The Morgan fingerprint density at radius 3 is 2.36 bits per heavy atom. The predicted molar refractivity (Wildman–Crippen MR) is 161 cm³/mol. The fourth-order valence-electron chi connectivity index (χ4n) is 5.91. The van der Waals surface area contributed by atoms with Gasteiger partial charge in [-0.3, -0.25) is 4.79 Å². The SMILES string of the molecule is C=C[C@]1(C)C(Br)C2=C(C[C@H]1OC(=O)C(C)(C)C)C(C)(C)c1cccc3c1c2cn3S(=O)(=O)c1ccc(C)cc1. The van der Waals surface area contributed by atoms with Crippen molar-refractivity contribution in [3.63, 3.8) is 0 Å². The molecule has 206 valence electrons. The molecule has 1 heterocycles. The van der Waals surface area contributed by atoms with Gasteiger partial charge >= 0.3 is 5.97 Å². The Bertz CT molecular complexity index is 1650. The fourth-order valence-corrected chi connectivity index (χ4v) is 8.28. The second kappa shape index (κ2) is 8.93. The quantitative estimate of drug-likeness (QED) is 0.174. The third-order valence-corrected chi connectivity index (χ3v) is 11.7. The Morgan fingerprint density at radius 1 is 1.13 bits per heavy atom. The number of carbonyl (C=O) groups is 1. The molecular weight excluding hydrogens is 574 g/mol. The molecule has 0 aliphatic heterocycles. The van der Waals surface area contributed by atoms with Crippen molar-refractivity contribution in [3.05, 3.63) is 83.6 Å². The fraction of sp³-hybridized carbons (Fsp3) is 0.406. The summed E-state index contributed by atoms with van der Waals surface area (Å²) in [5, 5.41) is 0.943. The van der Waals surface area contributed by atoms with Crippen molar-refractivity contribution in [1.82, 2.24) is 3.97 Å². The number of aromatic nitrogens is 1. The van der Waals surface area contributed by atoms with Gasteiger partial charge in [0.1, 0.15) is 6.10 Å². The van der Waals surface area contributed by atoms with Gasteiger partial charge in [0.2, 0.25) is 0 Å². The van der Waals surface area contributed by atoms with Crippen LogP contribution >= 0.6 is 15.9 Å². The van der Waals surface area contributed by atoms with Gasteiger partial charge in [0.05, 0.1) is 20.7 Å². The Morgan fingerprint density at radius 2 is 1.77 bits per heavy atom. The molecule has 1 aromatic heterocycles. The minimum Gasteiger partial charge on any atom is -0.461 e. The summed E-state index contributed by atoms with van der Waals surface area (Å²) in [5.41, 5.74) is 4.13. The molecule has 39 heavy (non-hydrogen) atoms. The number of hydrogen-bond donors (Lipinski definition) is 0. The summed E-state index contributed by atoms with van der Waals surface area (Å²) in [4.78, 5) is 13.0. The van der Waals surface area contributed by atoms with E-state index in [-0.39, 0.29) is 15.7 Å². The van der Waals surface area contributed by atoms with Crippen molar-refractivity contribution >= 4 is 48.4 Å². The van der Waals surface area contributed by atoms with E-state index in [1.165, 1.54) is 3.97 Å². The van der Waals surface area contributed by atoms with E-state index < -0.39 is 32.4 Å². The Kier molecular flexibility index (Phi) is 6.39. The van der Waals surface area contributed by atoms with Crippen molar-refractivity contribution in [2.24, 2.45) is 10.8 Å². The van der Waals surface area contributed by atoms with Gasteiger partial charge in [-0.2, -0.15) is 0 Å². The number of allylic oxidation sites excluding steroid dienone is 1. The van der Waals surface area contributed by atoms with Gasteiger partial charge in [-0.25, -0.2) is 12.4 Å². The first-order valence-corrected chi connectivity index (χ1v) is 15.6. The molecule has 3 atom stereocenters. The minimum atomic E-state index is -3.84. The molecule has 7 heteroatoms. The van der Waals surface area contributed by atoms with E-state index in [9.17, 15) is 13.2 Å². The van der Waals surface area contributed by atoms with Crippen LogP contribution < -0.4 is 0 Å². The summed E-state index contributed by atoms with van der Waals surface area (Å²) in [6.07, 6.45) is 3.73. The summed E-state index contributed by atoms with van der Waals surface area (Å²) in [6, 6.07) is 12.8. The zero-order valence-corrected chi connectivity index (χ0v) is 26.0. The average Bonchev–Trinajstić information content (AvgIpc) is 3.26. The molecule has 0 saturated carbocycles. The zero-order valence-electron chi connectivity index (χ0n) is 23.6. The van der Waals surface area contributed by atoms with Crippen LogP contribution in [0.15, 0.2) is 71.8 Å². The maximum absolute atomic E-state index is 13.9. The lowest BCUT2D eigenvalue weighted by Gasteiger charge is -2.49. The Hall–Kier alpha value is -2.64. The van der Waals surface area contributed by atoms with Gasteiger partial charge in [0, 0.05) is 34.4 Å². The molecule has 0 radical (unpaired) electrons. The number of benzene rings is 2. The molecule has 2 aromatic carbocycles. The Labute approximate surface area is 240 Å². The van der Waals surface area contributed by atoms with Crippen LogP contribution in [0.5, 0.6) is 0 Å². The zero-order chi connectivity index (χ0) is 28.7. The third-order valence-electron chi connectivity index (χ3n) is 8.60. The first kappa shape index (κ1) is 27.9. The molecule has 0 N–H and O–H groups in total. The van der Waals surface area contributed by atoms with Crippen molar-refractivity contribution in [2.75, 3.05) is 0 Å². The molecule has 0 saturated heterocycles. The maximum atomic E-state index is 13.9. The first-order valence-electron chi connectivity index (χ1n) is 13.2. The minimum absolute atomic E-state index is 0.249. The molecule has 2 aliphatic rings. The molecule has 0 fully saturated rings. The number of carbonyl (C=O) groups excluding carboxylic acids is 1. The van der Waals surface area contributed by atoms with E-state index in [0.29, 0.717) is 11.9 Å². The molecule has 2 aliphatic carbocycles. The molecule has 5 nitrogen and oxygen atoms in total. The summed E-state index contributed by atoms with van der Waals surface area (Å²) in [5.74, 6) is -0.254. The monoisotopic (exact) mass is 609 g/mol. The van der Waals surface area contributed by atoms with Crippen LogP contribution in [-0.4, -0.2) is 29.3 Å². The van der Waals surface area contributed by atoms with Gasteiger partial charge in [-0.1, -0.05) is 78.2 Å². The molecule has 5 rings (SSSR count). The number of rotatable bonds is 4. The molecule has 0 spiro atoms. The third kappa shape index (κ3) is 4.07. The van der Waals surface area contributed by atoms with Gasteiger partial charge in [0.15, 0.2) is 0 Å². The van der Waals surface area contributed by atoms with E-state index in [2.05, 4.69) is 49.3 Å². The number of nitrogens with zero attached hydrogens (tertiary/aromatic N) is 1. The smallest absolute Gasteiger partial charge is 0.311 e. The summed E-state index contributed by atoms with van der Waals surface area (Å²) in [6.45, 7) is 18.0. The van der Waals surface area contributed by atoms with Crippen molar-refractivity contribution in [3.8, 4) is 0 Å². The van der Waals surface area contributed by atoms with Crippen molar-refractivity contribution in [1.29, 1.82) is 0 Å². The average molecular weight is 611 g/mol. The second-order valence-electron chi connectivity index (χ2n) is 12.7. The van der Waals surface area contributed by atoms with Gasteiger partial charge in [-0.05, 0) is 57.0 Å². The molecule has 1 unspecified atom stereocenters. The van der Waals surface area contributed by atoms with Crippen LogP contribution in [-0.2, 0) is 25.0 Å². The Balaban J connectivity index is 1.76. The van der Waals surface area contributed by atoms with Crippen LogP contribution in [0.4, 0.5) is 0 Å². The predicted octanol–water partition coefficient (Wildman–Crippen LogP) is 7.55. The number of hydrogen-bond acceptors (Lipinski definition) is 4. The lowest BCUT2D eigenvalue weighted by molar-refractivity contribution is -0.163. The highest BCUT2D eigenvalue weighted by atomic mass is 79.9. The van der Waals surface area contributed by atoms with E-state index in [4.69, 9.17) is 4.74 Å². The summed E-state index contributed by atoms with van der Waals surface area (Å²) in [7, 11) is -3.84. The molecule has 0 bridgehead atoms. The van der Waals surface area contributed by atoms with Crippen LogP contribution in [0.25, 0.3) is 16.5 Å². The highest BCUT2D eigenvalue weighted by Crippen LogP contribution is 2.58. The van der Waals surface area contributed by atoms with Gasteiger partial charge in [-0.15, -0.1) is 6.58 Å². The van der Waals surface area contributed by atoms with E-state index in [1.807, 2.05) is 58.0 Å². The van der Waals surface area contributed by atoms with E-state index in [0.717, 1.165) is 33.2 Å². The van der Waals surface area contributed by atoms with Crippen molar-refractivity contribution < 1.29 is 17.9 Å². The number of halogens is 1. The van der Waals surface area contributed by atoms with Gasteiger partial charge < -0.3 is 4.74 Å². The maximum Gasteiger partial charge on any atom is 0.311 e. The van der Waals surface area contributed by atoms with Crippen molar-refractivity contribution in [2.45, 2.75) is 76.1 Å². The lowest BCUT2D eigenvalue weighted by atomic mass is 9.59. The number of fused-ring (bicyclic) bond motifs is 1. The van der Waals surface area contributed by atoms with Crippen LogP contribution in [0.1, 0.15) is 64.7 Å². The topological polar surface area (TPSA) is 65.4 Å². The van der Waals surface area contributed by atoms with Crippen LogP contribution in [0.3, 0.4) is 0 Å². The largest absolute Gasteiger partial charge is 0.461 e. The number of ether oxygens (including phenoxy) is 1. The molecule has 3 aromatic rings. The number of alkyl halides is 1. The highest BCUT2D eigenvalue weighted by Gasteiger charge is 2.52. The highest BCUT2D eigenvalue weighted by molar-refractivity contribution is 9.09. The van der Waals surface area contributed by atoms with Crippen LogP contribution in [0.2, 0.25) is 0 Å². The van der Waals surface area contributed by atoms with E-state index in [1.54, 1.807) is 18.3 Å². The number of esters is 1. The van der Waals surface area contributed by atoms with E-state index >= 15 is 0 Å². The molecular formula is C32H36BrNO4S. The first-order chi connectivity index (χ1) is 18.0. The normalized spacial score (nSPS) is 24.4. The lowest BCUT2D eigenvalue weighted by Crippen LogP contribution is -2.49. The summed E-state index contributed by atoms with van der Waals surface area (Å²) < 4.78 is 35.5. The second-order valence-corrected chi connectivity index (χ2v) is 15.4. The van der Waals surface area contributed by atoms with Crippen LogP contribution in [0, 0.1) is 17.8 Å². The van der Waals surface area contributed by atoms with Gasteiger partial charge in [0.25, 0.3) is 10.0 Å².